The molecule has 0 amide bonds. The Labute approximate surface area is 327 Å². The molecule has 0 aliphatic carbocycles. The summed E-state index contributed by atoms with van der Waals surface area (Å²) < 4.78 is 33.3. The van der Waals surface area contributed by atoms with Gasteiger partial charge in [-0.15, -0.1) is 0 Å². The van der Waals surface area contributed by atoms with Gasteiger partial charge in [0.15, 0.2) is 0 Å². The quantitative estimate of drug-likeness (QED) is 0.0314. The second-order valence-electron chi connectivity index (χ2n) is 15.4. The topological polar surface area (TPSA) is 132 Å². The van der Waals surface area contributed by atoms with Crippen LogP contribution in [0.15, 0.2) is 0 Å². The van der Waals surface area contributed by atoms with Gasteiger partial charge in [-0.05, 0) is 12.8 Å². The number of hydrogen-bond donors (Lipinski definition) is 3. The zero-order chi connectivity index (χ0) is 38.9. The van der Waals surface area contributed by atoms with Crippen LogP contribution in [0.3, 0.4) is 0 Å². The van der Waals surface area contributed by atoms with Crippen molar-refractivity contribution < 1.29 is 43.0 Å². The van der Waals surface area contributed by atoms with Gasteiger partial charge in [-0.1, -0.05) is 206 Å². The maximum absolute atomic E-state index is 12.5. The molecule has 0 heterocycles. The Morgan fingerprint density at radius 3 is 1.23 bits per heavy atom. The standard InChI is InChI=1S/C43H87O9P/c1-3-5-7-9-11-13-14-15-16-17-18-19-20-21-22-23-24-25-26-27-28-30-32-34-36-49-39-42(40-51-53(47,48)50-38-41(45)37-44)52-43(46)35-33-31-29-12-10-8-6-4-2/h41-42,44-45H,3-40H2,1-2H3,(H,47,48). The molecule has 0 fully saturated rings. The van der Waals surface area contributed by atoms with E-state index in [1.54, 1.807) is 0 Å². The normalized spacial score (nSPS) is 14.0. The molecule has 3 unspecified atom stereocenters. The van der Waals surface area contributed by atoms with Gasteiger partial charge in [0.1, 0.15) is 12.2 Å². The molecule has 0 saturated carbocycles. The Bertz CT molecular complexity index is 800. The summed E-state index contributed by atoms with van der Waals surface area (Å²) in [5.74, 6) is -0.382. The van der Waals surface area contributed by atoms with E-state index in [0.717, 1.165) is 32.1 Å². The van der Waals surface area contributed by atoms with Gasteiger partial charge in [-0.25, -0.2) is 4.57 Å². The lowest BCUT2D eigenvalue weighted by Crippen LogP contribution is -2.29. The van der Waals surface area contributed by atoms with Crippen molar-refractivity contribution in [1.29, 1.82) is 0 Å². The molecule has 3 N–H and O–H groups in total. The molecule has 0 aromatic carbocycles. The fraction of sp³-hybridized carbons (Fsp3) is 0.977. The van der Waals surface area contributed by atoms with Gasteiger partial charge in [0.05, 0.1) is 26.4 Å². The lowest BCUT2D eigenvalue weighted by atomic mass is 10.0. The first-order valence-electron chi connectivity index (χ1n) is 22.5. The summed E-state index contributed by atoms with van der Waals surface area (Å²) in [7, 11) is -4.50. The maximum Gasteiger partial charge on any atom is 0.472 e. The summed E-state index contributed by atoms with van der Waals surface area (Å²) >= 11 is 0. The highest BCUT2D eigenvalue weighted by molar-refractivity contribution is 7.47. The van der Waals surface area contributed by atoms with E-state index >= 15 is 0 Å². The minimum Gasteiger partial charge on any atom is -0.457 e. The van der Waals surface area contributed by atoms with Crippen LogP contribution in [0.5, 0.6) is 0 Å². The molecule has 0 radical (unpaired) electrons. The molecule has 10 heteroatoms. The molecule has 0 aromatic heterocycles. The third-order valence-electron chi connectivity index (χ3n) is 10.0. The number of rotatable bonds is 44. The van der Waals surface area contributed by atoms with Crippen LogP contribution in [0.4, 0.5) is 0 Å². The molecular weight excluding hydrogens is 691 g/mol. The minimum absolute atomic E-state index is 0.0573. The average molecular weight is 779 g/mol. The summed E-state index contributed by atoms with van der Waals surface area (Å²) in [6.07, 6.45) is 39.5. The van der Waals surface area contributed by atoms with E-state index in [-0.39, 0.29) is 25.6 Å². The molecule has 9 nitrogen and oxygen atoms in total. The number of phosphoric ester groups is 1. The van der Waals surface area contributed by atoms with Crippen molar-refractivity contribution >= 4 is 13.8 Å². The Kier molecular flexibility index (Phi) is 40.7. The number of carbonyl (C=O) groups excluding carboxylic acids is 1. The molecule has 318 valence electrons. The molecule has 0 saturated heterocycles. The monoisotopic (exact) mass is 779 g/mol. The van der Waals surface area contributed by atoms with Crippen LogP contribution in [-0.4, -0.2) is 66.3 Å². The van der Waals surface area contributed by atoms with Crippen LogP contribution in [0.1, 0.15) is 226 Å². The molecule has 0 rings (SSSR count). The largest absolute Gasteiger partial charge is 0.472 e. The molecule has 53 heavy (non-hydrogen) atoms. The van der Waals surface area contributed by atoms with E-state index in [2.05, 4.69) is 13.8 Å². The number of ether oxygens (including phenoxy) is 2. The van der Waals surface area contributed by atoms with Crippen molar-refractivity contribution in [1.82, 2.24) is 0 Å². The van der Waals surface area contributed by atoms with Gasteiger partial charge in [0.2, 0.25) is 0 Å². The molecule has 0 spiro atoms. The van der Waals surface area contributed by atoms with Crippen LogP contribution < -0.4 is 0 Å². The number of carbonyl (C=O) groups is 1. The summed E-state index contributed by atoms with van der Waals surface area (Å²) in [6.45, 7) is 3.53. The number of aliphatic hydroxyl groups is 2. The van der Waals surface area contributed by atoms with Gasteiger partial charge >= 0.3 is 13.8 Å². The molecule has 0 bridgehead atoms. The minimum atomic E-state index is -4.50. The van der Waals surface area contributed by atoms with Crippen molar-refractivity contribution in [2.45, 2.75) is 238 Å². The Balaban J connectivity index is 3.89. The first-order chi connectivity index (χ1) is 25.8. The zero-order valence-corrected chi connectivity index (χ0v) is 35.7. The van der Waals surface area contributed by atoms with Crippen molar-refractivity contribution in [3.05, 3.63) is 0 Å². The van der Waals surface area contributed by atoms with Crippen molar-refractivity contribution in [3.63, 3.8) is 0 Å². The number of unbranched alkanes of at least 4 members (excludes halogenated alkanes) is 30. The Morgan fingerprint density at radius 1 is 0.509 bits per heavy atom. The molecule has 0 aromatic rings. The summed E-state index contributed by atoms with van der Waals surface area (Å²) in [5, 5.41) is 18.3. The van der Waals surface area contributed by atoms with E-state index < -0.39 is 33.2 Å². The predicted molar refractivity (Wildman–Crippen MR) is 219 cm³/mol. The zero-order valence-electron chi connectivity index (χ0n) is 34.8. The fourth-order valence-corrected chi connectivity index (χ4v) is 7.38. The van der Waals surface area contributed by atoms with E-state index in [1.807, 2.05) is 0 Å². The highest BCUT2D eigenvalue weighted by Gasteiger charge is 2.26. The molecule has 3 atom stereocenters. The highest BCUT2D eigenvalue weighted by atomic mass is 31.2. The Hall–Kier alpha value is -0.540. The van der Waals surface area contributed by atoms with Crippen LogP contribution >= 0.6 is 7.82 Å². The van der Waals surface area contributed by atoms with Gasteiger partial charge in [0, 0.05) is 13.0 Å². The SMILES string of the molecule is CCCCCCCCCCCCCCCCCCCCCCCCCCOCC(COP(=O)(O)OCC(O)CO)OC(=O)CCCCCCCCCC. The third-order valence-corrected chi connectivity index (χ3v) is 11.0. The van der Waals surface area contributed by atoms with Crippen LogP contribution in [0.2, 0.25) is 0 Å². The van der Waals surface area contributed by atoms with E-state index in [1.165, 1.54) is 173 Å². The average Bonchev–Trinajstić information content (AvgIpc) is 3.15. The van der Waals surface area contributed by atoms with Gasteiger partial charge in [0.25, 0.3) is 0 Å². The summed E-state index contributed by atoms with van der Waals surface area (Å²) in [5.41, 5.74) is 0. The summed E-state index contributed by atoms with van der Waals surface area (Å²) in [6, 6.07) is 0. The van der Waals surface area contributed by atoms with Crippen molar-refractivity contribution in [2.24, 2.45) is 0 Å². The lowest BCUT2D eigenvalue weighted by molar-refractivity contribution is -0.154. The number of phosphoric acid groups is 1. The number of hydrogen-bond acceptors (Lipinski definition) is 8. The van der Waals surface area contributed by atoms with Crippen LogP contribution in [0, 0.1) is 0 Å². The molecule has 0 aliphatic heterocycles. The maximum atomic E-state index is 12.5. The van der Waals surface area contributed by atoms with E-state index in [0.29, 0.717) is 6.61 Å². The third kappa shape index (κ3) is 40.9. The van der Waals surface area contributed by atoms with E-state index in [9.17, 15) is 19.4 Å². The lowest BCUT2D eigenvalue weighted by Gasteiger charge is -2.20. The molecule has 0 aliphatic rings. The predicted octanol–water partition coefficient (Wildman–Crippen LogP) is 12.3. The smallest absolute Gasteiger partial charge is 0.457 e. The van der Waals surface area contributed by atoms with E-state index in [4.69, 9.17) is 23.6 Å². The first kappa shape index (κ1) is 52.5. The summed E-state index contributed by atoms with van der Waals surface area (Å²) in [4.78, 5) is 22.4. The number of esters is 1. The van der Waals surface area contributed by atoms with Crippen LogP contribution in [0.25, 0.3) is 0 Å². The van der Waals surface area contributed by atoms with Gasteiger partial charge < -0.3 is 24.6 Å². The Morgan fingerprint density at radius 2 is 0.849 bits per heavy atom. The van der Waals surface area contributed by atoms with Crippen molar-refractivity contribution in [3.8, 4) is 0 Å². The highest BCUT2D eigenvalue weighted by Crippen LogP contribution is 2.43. The molecular formula is C43H87O9P. The van der Waals surface area contributed by atoms with Crippen LogP contribution in [-0.2, 0) is 27.9 Å². The van der Waals surface area contributed by atoms with Gasteiger partial charge in [-0.2, -0.15) is 0 Å². The number of aliphatic hydroxyl groups excluding tert-OH is 2. The second kappa shape index (κ2) is 41.1. The van der Waals surface area contributed by atoms with Gasteiger partial charge in [-0.3, -0.25) is 13.8 Å². The fourth-order valence-electron chi connectivity index (χ4n) is 6.59. The second-order valence-corrected chi connectivity index (χ2v) is 16.9. The van der Waals surface area contributed by atoms with Crippen molar-refractivity contribution in [2.75, 3.05) is 33.0 Å². The first-order valence-corrected chi connectivity index (χ1v) is 24.0.